The zero-order valence-corrected chi connectivity index (χ0v) is 15.4. The molecule has 2 aromatic rings. The molecule has 1 aromatic carbocycles. The van der Waals surface area contributed by atoms with Crippen LogP contribution in [0.3, 0.4) is 0 Å². The molecule has 0 spiro atoms. The summed E-state index contributed by atoms with van der Waals surface area (Å²) in [6.07, 6.45) is 2.26. The van der Waals surface area contributed by atoms with Crippen LogP contribution in [0, 0.1) is 6.92 Å². The van der Waals surface area contributed by atoms with Gasteiger partial charge in [0, 0.05) is 30.5 Å². The maximum Gasteiger partial charge on any atom is 0.337 e. The van der Waals surface area contributed by atoms with Gasteiger partial charge in [-0.2, -0.15) is 4.98 Å². The van der Waals surface area contributed by atoms with Gasteiger partial charge in [0.2, 0.25) is 11.8 Å². The standard InChI is InChI=1S/C19H22N4O4/c1-13-11-17(22-19(20-13)23-9-3-4-10-23)27-12-16(24)21-15-7-5-14(6-8-15)18(25)26-2/h5-8,11H,3-4,9-10,12H2,1-2H3,(H,21,24). The quantitative estimate of drug-likeness (QED) is 0.779. The number of anilines is 2. The topological polar surface area (TPSA) is 93.6 Å². The molecule has 2 heterocycles. The largest absolute Gasteiger partial charge is 0.467 e. The van der Waals surface area contributed by atoms with Crippen molar-refractivity contribution in [3.05, 3.63) is 41.6 Å². The van der Waals surface area contributed by atoms with E-state index in [1.165, 1.54) is 7.11 Å². The Kier molecular flexibility index (Phi) is 5.85. The third kappa shape index (κ3) is 4.93. The molecule has 0 aliphatic carbocycles. The molecule has 1 aliphatic rings. The summed E-state index contributed by atoms with van der Waals surface area (Å²) >= 11 is 0. The summed E-state index contributed by atoms with van der Waals surface area (Å²) in [5.74, 6) is 0.269. The van der Waals surface area contributed by atoms with E-state index < -0.39 is 5.97 Å². The zero-order chi connectivity index (χ0) is 19.2. The van der Waals surface area contributed by atoms with Gasteiger partial charge in [0.15, 0.2) is 6.61 Å². The molecule has 8 nitrogen and oxygen atoms in total. The molecule has 3 rings (SSSR count). The van der Waals surface area contributed by atoms with Crippen LogP contribution in [0.1, 0.15) is 28.9 Å². The van der Waals surface area contributed by atoms with Gasteiger partial charge in [-0.1, -0.05) is 0 Å². The van der Waals surface area contributed by atoms with E-state index in [1.807, 2.05) is 6.92 Å². The van der Waals surface area contributed by atoms with Crippen molar-refractivity contribution in [1.82, 2.24) is 9.97 Å². The SMILES string of the molecule is COC(=O)c1ccc(NC(=O)COc2cc(C)nc(N3CCCC3)n2)cc1. The fraction of sp³-hybridized carbons (Fsp3) is 0.368. The van der Waals surface area contributed by atoms with E-state index in [9.17, 15) is 9.59 Å². The number of carbonyl (C=O) groups excluding carboxylic acids is 2. The first kappa shape index (κ1) is 18.6. The van der Waals surface area contributed by atoms with Crippen LogP contribution in [0.25, 0.3) is 0 Å². The fourth-order valence-corrected chi connectivity index (χ4v) is 2.80. The molecule has 1 aromatic heterocycles. The van der Waals surface area contributed by atoms with Crippen LogP contribution in [0.15, 0.2) is 30.3 Å². The smallest absolute Gasteiger partial charge is 0.337 e. The average molecular weight is 370 g/mol. The predicted molar refractivity (Wildman–Crippen MR) is 100 cm³/mol. The van der Waals surface area contributed by atoms with Crippen molar-refractivity contribution >= 4 is 23.5 Å². The lowest BCUT2D eigenvalue weighted by atomic mass is 10.2. The molecule has 0 bridgehead atoms. The zero-order valence-electron chi connectivity index (χ0n) is 15.4. The molecule has 0 radical (unpaired) electrons. The maximum atomic E-state index is 12.1. The lowest BCUT2D eigenvalue weighted by Gasteiger charge is -2.16. The highest BCUT2D eigenvalue weighted by molar-refractivity contribution is 5.93. The molecular weight excluding hydrogens is 348 g/mol. The summed E-state index contributed by atoms with van der Waals surface area (Å²) in [6, 6.07) is 8.13. The van der Waals surface area contributed by atoms with Gasteiger partial charge in [-0.15, -0.1) is 0 Å². The van der Waals surface area contributed by atoms with E-state index in [4.69, 9.17) is 4.74 Å². The number of methoxy groups -OCH3 is 1. The number of nitrogens with one attached hydrogen (secondary N) is 1. The van der Waals surface area contributed by atoms with Crippen LogP contribution in [-0.4, -0.2) is 48.7 Å². The Balaban J connectivity index is 1.56. The minimum absolute atomic E-state index is 0.172. The second-order valence-electron chi connectivity index (χ2n) is 6.25. The van der Waals surface area contributed by atoms with Crippen molar-refractivity contribution in [2.24, 2.45) is 0 Å². The summed E-state index contributed by atoms with van der Waals surface area (Å²) in [4.78, 5) is 34.5. The molecule has 1 fully saturated rings. The summed E-state index contributed by atoms with van der Waals surface area (Å²) in [7, 11) is 1.32. The summed E-state index contributed by atoms with van der Waals surface area (Å²) < 4.78 is 10.2. The number of carbonyl (C=O) groups is 2. The van der Waals surface area contributed by atoms with Gasteiger partial charge in [0.05, 0.1) is 12.7 Å². The van der Waals surface area contributed by atoms with Gasteiger partial charge in [-0.05, 0) is 44.0 Å². The van der Waals surface area contributed by atoms with E-state index in [2.05, 4.69) is 24.9 Å². The Morgan fingerprint density at radius 1 is 1.15 bits per heavy atom. The van der Waals surface area contributed by atoms with E-state index in [0.29, 0.717) is 23.1 Å². The minimum Gasteiger partial charge on any atom is -0.467 e. The molecule has 0 atom stereocenters. The number of hydrogen-bond donors (Lipinski definition) is 1. The van der Waals surface area contributed by atoms with Crippen LogP contribution < -0.4 is 15.0 Å². The van der Waals surface area contributed by atoms with Crippen LogP contribution in [0.5, 0.6) is 5.88 Å². The van der Waals surface area contributed by atoms with Crippen molar-refractivity contribution < 1.29 is 19.1 Å². The molecular formula is C19H22N4O4. The first-order valence-electron chi connectivity index (χ1n) is 8.77. The van der Waals surface area contributed by atoms with Gasteiger partial charge in [0.25, 0.3) is 5.91 Å². The molecule has 1 saturated heterocycles. The van der Waals surface area contributed by atoms with Crippen molar-refractivity contribution in [3.63, 3.8) is 0 Å². The molecule has 1 aliphatic heterocycles. The van der Waals surface area contributed by atoms with Crippen LogP contribution in [0.2, 0.25) is 0 Å². The third-order valence-electron chi connectivity index (χ3n) is 4.15. The highest BCUT2D eigenvalue weighted by Crippen LogP contribution is 2.19. The molecule has 142 valence electrons. The first-order chi connectivity index (χ1) is 13.0. The molecule has 0 unspecified atom stereocenters. The Bertz CT molecular complexity index is 817. The van der Waals surface area contributed by atoms with E-state index >= 15 is 0 Å². The number of amides is 1. The van der Waals surface area contributed by atoms with Gasteiger partial charge in [-0.25, -0.2) is 9.78 Å². The number of rotatable bonds is 6. The average Bonchev–Trinajstić information content (AvgIpc) is 3.21. The van der Waals surface area contributed by atoms with Crippen LogP contribution >= 0.6 is 0 Å². The minimum atomic E-state index is -0.427. The monoisotopic (exact) mass is 370 g/mol. The number of hydrogen-bond acceptors (Lipinski definition) is 7. The Labute approximate surface area is 157 Å². The highest BCUT2D eigenvalue weighted by atomic mass is 16.5. The van der Waals surface area contributed by atoms with Gasteiger partial charge >= 0.3 is 5.97 Å². The number of esters is 1. The molecule has 0 saturated carbocycles. The van der Waals surface area contributed by atoms with Crippen LogP contribution in [-0.2, 0) is 9.53 Å². The molecule has 1 N–H and O–H groups in total. The van der Waals surface area contributed by atoms with Crippen molar-refractivity contribution in [2.75, 3.05) is 37.0 Å². The van der Waals surface area contributed by atoms with Crippen molar-refractivity contribution in [2.45, 2.75) is 19.8 Å². The van der Waals surface area contributed by atoms with Gasteiger partial charge in [-0.3, -0.25) is 4.79 Å². The Morgan fingerprint density at radius 2 is 1.85 bits per heavy atom. The van der Waals surface area contributed by atoms with E-state index in [0.717, 1.165) is 31.6 Å². The third-order valence-corrected chi connectivity index (χ3v) is 4.15. The number of benzene rings is 1. The number of aromatic nitrogens is 2. The van der Waals surface area contributed by atoms with Crippen molar-refractivity contribution in [3.8, 4) is 5.88 Å². The maximum absolute atomic E-state index is 12.1. The van der Waals surface area contributed by atoms with Crippen molar-refractivity contribution in [1.29, 1.82) is 0 Å². The number of nitrogens with zero attached hydrogens (tertiary/aromatic N) is 3. The first-order valence-corrected chi connectivity index (χ1v) is 8.77. The Hall–Kier alpha value is -3.16. The summed E-state index contributed by atoms with van der Waals surface area (Å²) in [5.41, 5.74) is 1.77. The van der Waals surface area contributed by atoms with Gasteiger partial charge in [0.1, 0.15) is 0 Å². The summed E-state index contributed by atoms with van der Waals surface area (Å²) in [6.45, 7) is 3.57. The number of aryl methyl sites for hydroxylation is 1. The number of ether oxygens (including phenoxy) is 2. The molecule has 8 heteroatoms. The normalized spacial score (nSPS) is 13.3. The van der Waals surface area contributed by atoms with E-state index in [1.54, 1.807) is 30.3 Å². The lowest BCUT2D eigenvalue weighted by molar-refractivity contribution is -0.118. The highest BCUT2D eigenvalue weighted by Gasteiger charge is 2.16. The second-order valence-corrected chi connectivity index (χ2v) is 6.25. The fourth-order valence-electron chi connectivity index (χ4n) is 2.80. The second kappa shape index (κ2) is 8.48. The van der Waals surface area contributed by atoms with Crippen LogP contribution in [0.4, 0.5) is 11.6 Å². The molecule has 27 heavy (non-hydrogen) atoms. The molecule has 1 amide bonds. The van der Waals surface area contributed by atoms with Gasteiger partial charge < -0.3 is 19.7 Å². The van der Waals surface area contributed by atoms with E-state index in [-0.39, 0.29) is 12.5 Å². The Morgan fingerprint density at radius 3 is 2.52 bits per heavy atom. The lowest BCUT2D eigenvalue weighted by Crippen LogP contribution is -2.23. The predicted octanol–water partition coefficient (Wildman–Crippen LogP) is 2.19. The summed E-state index contributed by atoms with van der Waals surface area (Å²) in [5, 5.41) is 2.71.